The van der Waals surface area contributed by atoms with Gasteiger partial charge >= 0.3 is 0 Å². The fourth-order valence-corrected chi connectivity index (χ4v) is 3.13. The van der Waals surface area contributed by atoms with E-state index in [4.69, 9.17) is 11.6 Å². The quantitative estimate of drug-likeness (QED) is 0.815. The van der Waals surface area contributed by atoms with E-state index in [1.54, 1.807) is 0 Å². The first-order valence-corrected chi connectivity index (χ1v) is 8.17. The van der Waals surface area contributed by atoms with Crippen LogP contribution in [-0.4, -0.2) is 31.6 Å². The highest BCUT2D eigenvalue weighted by Crippen LogP contribution is 2.25. The van der Waals surface area contributed by atoms with Crippen molar-refractivity contribution >= 4 is 39.9 Å². The Labute approximate surface area is 141 Å². The number of nitrogens with one attached hydrogen (secondary N) is 1. The lowest BCUT2D eigenvalue weighted by atomic mass is 9.93. The summed E-state index contributed by atoms with van der Waals surface area (Å²) in [7, 11) is 2.03. The van der Waals surface area contributed by atoms with E-state index in [0.29, 0.717) is 0 Å². The maximum Gasteiger partial charge on any atom is 0.0551 e. The molecule has 0 aromatic heterocycles. The second-order valence-electron chi connectivity index (χ2n) is 5.36. The smallest absolute Gasteiger partial charge is 0.0551 e. The molecule has 0 spiro atoms. The SMILES string of the molecule is CNCCC1CCN(Cc2ccc(Br)c(Cl)c2)CC1.Cl. The van der Waals surface area contributed by atoms with E-state index in [1.807, 2.05) is 13.1 Å². The zero-order chi connectivity index (χ0) is 13.7. The predicted molar refractivity (Wildman–Crippen MR) is 92.9 cm³/mol. The number of likely N-dealkylation sites (tertiary alicyclic amines) is 1. The number of rotatable bonds is 5. The molecule has 0 saturated carbocycles. The first kappa shape index (κ1) is 18.2. The molecule has 1 N–H and O–H groups in total. The van der Waals surface area contributed by atoms with Crippen molar-refractivity contribution in [3.63, 3.8) is 0 Å². The van der Waals surface area contributed by atoms with E-state index >= 15 is 0 Å². The molecule has 0 radical (unpaired) electrons. The monoisotopic (exact) mass is 380 g/mol. The van der Waals surface area contributed by atoms with Gasteiger partial charge in [0.15, 0.2) is 0 Å². The van der Waals surface area contributed by atoms with Crippen molar-refractivity contribution in [3.05, 3.63) is 33.3 Å². The van der Waals surface area contributed by atoms with Gasteiger partial charge < -0.3 is 5.32 Å². The third-order valence-electron chi connectivity index (χ3n) is 3.90. The summed E-state index contributed by atoms with van der Waals surface area (Å²) in [5.74, 6) is 0.900. The van der Waals surface area contributed by atoms with Crippen molar-refractivity contribution in [2.24, 2.45) is 5.92 Å². The number of hydrogen-bond donors (Lipinski definition) is 1. The van der Waals surface area contributed by atoms with Crippen molar-refractivity contribution in [1.29, 1.82) is 0 Å². The molecule has 0 unspecified atom stereocenters. The maximum absolute atomic E-state index is 6.14. The molecule has 0 aliphatic carbocycles. The summed E-state index contributed by atoms with van der Waals surface area (Å²) < 4.78 is 0.976. The van der Waals surface area contributed by atoms with Gasteiger partial charge in [-0.3, -0.25) is 4.90 Å². The van der Waals surface area contributed by atoms with E-state index in [0.717, 1.165) is 28.5 Å². The Morgan fingerprint density at radius 3 is 2.65 bits per heavy atom. The van der Waals surface area contributed by atoms with E-state index in [1.165, 1.54) is 37.9 Å². The lowest BCUT2D eigenvalue weighted by Gasteiger charge is -2.32. The minimum atomic E-state index is 0. The summed E-state index contributed by atoms with van der Waals surface area (Å²) in [5.41, 5.74) is 1.31. The summed E-state index contributed by atoms with van der Waals surface area (Å²) in [5, 5.41) is 4.05. The van der Waals surface area contributed by atoms with Gasteiger partial charge in [0.1, 0.15) is 0 Å². The summed E-state index contributed by atoms with van der Waals surface area (Å²) in [6, 6.07) is 6.26. The highest BCUT2D eigenvalue weighted by molar-refractivity contribution is 9.10. The molecule has 1 aromatic rings. The van der Waals surface area contributed by atoms with Gasteiger partial charge in [-0.05, 0) is 85.5 Å². The Morgan fingerprint density at radius 2 is 2.05 bits per heavy atom. The Morgan fingerprint density at radius 1 is 1.35 bits per heavy atom. The van der Waals surface area contributed by atoms with Crippen LogP contribution >= 0.6 is 39.9 Å². The standard InChI is InChI=1S/C15H22BrClN2.ClH/c1-18-7-4-12-5-8-19(9-6-12)11-13-2-3-14(16)15(17)10-13;/h2-3,10,12,18H,4-9,11H2,1H3;1H. The van der Waals surface area contributed by atoms with Crippen molar-refractivity contribution in [2.45, 2.75) is 25.8 Å². The molecule has 2 nitrogen and oxygen atoms in total. The summed E-state index contributed by atoms with van der Waals surface area (Å²) in [4.78, 5) is 2.54. The van der Waals surface area contributed by atoms with Crippen LogP contribution in [0.4, 0.5) is 0 Å². The second kappa shape index (κ2) is 9.26. The fraction of sp³-hybridized carbons (Fsp3) is 0.600. The molecule has 0 amide bonds. The Hall–Kier alpha value is 0.200. The van der Waals surface area contributed by atoms with Crippen LogP contribution in [0.15, 0.2) is 22.7 Å². The largest absolute Gasteiger partial charge is 0.320 e. The van der Waals surface area contributed by atoms with Crippen LogP contribution < -0.4 is 5.32 Å². The average molecular weight is 382 g/mol. The van der Waals surface area contributed by atoms with Crippen molar-refractivity contribution in [3.8, 4) is 0 Å². The van der Waals surface area contributed by atoms with Crippen molar-refractivity contribution in [2.75, 3.05) is 26.7 Å². The third kappa shape index (κ3) is 5.53. The third-order valence-corrected chi connectivity index (χ3v) is 5.13. The van der Waals surface area contributed by atoms with E-state index < -0.39 is 0 Å². The van der Waals surface area contributed by atoms with E-state index in [-0.39, 0.29) is 12.4 Å². The first-order valence-electron chi connectivity index (χ1n) is 7.00. The molecule has 0 atom stereocenters. The van der Waals surface area contributed by atoms with Gasteiger partial charge in [0.05, 0.1) is 5.02 Å². The molecular formula is C15H23BrCl2N2. The topological polar surface area (TPSA) is 15.3 Å². The van der Waals surface area contributed by atoms with Crippen LogP contribution in [0.25, 0.3) is 0 Å². The summed E-state index contributed by atoms with van der Waals surface area (Å²) >= 11 is 9.57. The predicted octanol–water partition coefficient (Wildman–Crippen LogP) is 4.35. The van der Waals surface area contributed by atoms with Gasteiger partial charge in [0, 0.05) is 11.0 Å². The molecule has 0 bridgehead atoms. The van der Waals surface area contributed by atoms with Gasteiger partial charge in [0.25, 0.3) is 0 Å². The zero-order valence-electron chi connectivity index (χ0n) is 11.9. The molecule has 5 heteroatoms. The molecule has 2 rings (SSSR count). The van der Waals surface area contributed by atoms with Crippen molar-refractivity contribution < 1.29 is 0 Å². The van der Waals surface area contributed by atoms with Crippen LogP contribution in [-0.2, 0) is 6.54 Å². The zero-order valence-corrected chi connectivity index (χ0v) is 15.0. The first-order chi connectivity index (χ1) is 9.19. The van der Waals surface area contributed by atoms with E-state index in [2.05, 4.69) is 38.3 Å². The molecule has 114 valence electrons. The molecule has 1 saturated heterocycles. The average Bonchev–Trinajstić information content (AvgIpc) is 2.42. The maximum atomic E-state index is 6.14. The minimum Gasteiger partial charge on any atom is -0.320 e. The lowest BCUT2D eigenvalue weighted by molar-refractivity contribution is 0.172. The van der Waals surface area contributed by atoms with Gasteiger partial charge in [0.2, 0.25) is 0 Å². The Kier molecular flexibility index (Phi) is 8.45. The highest BCUT2D eigenvalue weighted by atomic mass is 79.9. The van der Waals surface area contributed by atoms with E-state index in [9.17, 15) is 0 Å². The van der Waals surface area contributed by atoms with Crippen molar-refractivity contribution in [1.82, 2.24) is 10.2 Å². The fourth-order valence-electron chi connectivity index (χ4n) is 2.68. The van der Waals surface area contributed by atoms with Gasteiger partial charge in [-0.15, -0.1) is 12.4 Å². The van der Waals surface area contributed by atoms with Crippen LogP contribution in [0, 0.1) is 5.92 Å². The Bertz CT molecular complexity index is 407. The van der Waals surface area contributed by atoms with Gasteiger partial charge in [-0.25, -0.2) is 0 Å². The lowest BCUT2D eigenvalue weighted by Crippen LogP contribution is -2.34. The van der Waals surface area contributed by atoms with Gasteiger partial charge in [-0.1, -0.05) is 17.7 Å². The second-order valence-corrected chi connectivity index (χ2v) is 6.62. The number of halogens is 3. The summed E-state index contributed by atoms with van der Waals surface area (Å²) in [6.45, 7) is 4.59. The molecule has 20 heavy (non-hydrogen) atoms. The van der Waals surface area contributed by atoms with Crippen LogP contribution in [0.5, 0.6) is 0 Å². The van der Waals surface area contributed by atoms with Crippen LogP contribution in [0.1, 0.15) is 24.8 Å². The number of nitrogens with zero attached hydrogens (tertiary/aromatic N) is 1. The molecule has 1 aliphatic rings. The molecule has 1 aromatic carbocycles. The Balaban J connectivity index is 0.00000200. The highest BCUT2D eigenvalue weighted by Gasteiger charge is 2.18. The normalized spacial score (nSPS) is 16.9. The summed E-state index contributed by atoms with van der Waals surface area (Å²) in [6.07, 6.45) is 3.96. The number of piperidine rings is 1. The molecule has 1 fully saturated rings. The van der Waals surface area contributed by atoms with Crippen LogP contribution in [0.2, 0.25) is 5.02 Å². The minimum absolute atomic E-state index is 0. The molecule has 1 heterocycles. The molecule has 1 aliphatic heterocycles. The van der Waals surface area contributed by atoms with Gasteiger partial charge in [-0.2, -0.15) is 0 Å². The number of hydrogen-bond acceptors (Lipinski definition) is 2. The van der Waals surface area contributed by atoms with Crippen LogP contribution in [0.3, 0.4) is 0 Å². The molecular weight excluding hydrogens is 359 g/mol. The number of benzene rings is 1.